The lowest BCUT2D eigenvalue weighted by Crippen LogP contribution is -2.42. The summed E-state index contributed by atoms with van der Waals surface area (Å²) in [6, 6.07) is 15.0. The van der Waals surface area contributed by atoms with Crippen molar-refractivity contribution in [1.29, 1.82) is 0 Å². The lowest BCUT2D eigenvalue weighted by molar-refractivity contribution is -0.117. The van der Waals surface area contributed by atoms with E-state index in [2.05, 4.69) is 27.0 Å². The van der Waals surface area contributed by atoms with E-state index in [0.717, 1.165) is 42.6 Å². The summed E-state index contributed by atoms with van der Waals surface area (Å²) in [5, 5.41) is 6.80. The number of amides is 2. The molecule has 3 aromatic rings. The minimum atomic E-state index is -0.406. The molecular formula is C27H32N4O4. The Morgan fingerprint density at radius 1 is 1.09 bits per heavy atom. The number of carbonyl (C=O) groups is 2. The van der Waals surface area contributed by atoms with Crippen molar-refractivity contribution in [2.75, 3.05) is 46.5 Å². The minimum Gasteiger partial charge on any atom is -0.496 e. The molecule has 8 nitrogen and oxygen atoms in total. The molecule has 0 radical (unpaired) electrons. The van der Waals surface area contributed by atoms with E-state index in [4.69, 9.17) is 9.47 Å². The van der Waals surface area contributed by atoms with Gasteiger partial charge >= 0.3 is 0 Å². The molecule has 1 aliphatic rings. The van der Waals surface area contributed by atoms with Crippen molar-refractivity contribution >= 4 is 28.8 Å². The zero-order chi connectivity index (χ0) is 24.6. The molecule has 1 aromatic heterocycles. The van der Waals surface area contributed by atoms with Crippen molar-refractivity contribution in [2.24, 2.45) is 0 Å². The van der Waals surface area contributed by atoms with Gasteiger partial charge in [0, 0.05) is 55.4 Å². The molecule has 2 aromatic carbocycles. The predicted octanol–water partition coefficient (Wildman–Crippen LogP) is 2.89. The Hall–Kier alpha value is -3.62. The van der Waals surface area contributed by atoms with Crippen LogP contribution >= 0.6 is 0 Å². The molecule has 2 N–H and O–H groups in total. The average molecular weight is 477 g/mol. The lowest BCUT2D eigenvalue weighted by Gasteiger charge is -2.26. The summed E-state index contributed by atoms with van der Waals surface area (Å²) in [5.74, 6) is -0.300. The van der Waals surface area contributed by atoms with E-state index >= 15 is 0 Å². The molecule has 2 heterocycles. The van der Waals surface area contributed by atoms with Crippen LogP contribution in [0.5, 0.6) is 5.75 Å². The third kappa shape index (κ3) is 5.90. The molecule has 0 aliphatic carbocycles. The normalized spacial score (nSPS) is 14.6. The molecule has 1 fully saturated rings. The van der Waals surface area contributed by atoms with Crippen molar-refractivity contribution in [3.8, 4) is 5.75 Å². The maximum atomic E-state index is 13.2. The summed E-state index contributed by atoms with van der Waals surface area (Å²) in [6.45, 7) is 7.16. The summed E-state index contributed by atoms with van der Waals surface area (Å²) in [4.78, 5) is 28.6. The maximum absolute atomic E-state index is 13.2. The van der Waals surface area contributed by atoms with Crippen molar-refractivity contribution in [1.82, 2.24) is 20.1 Å². The van der Waals surface area contributed by atoms with Gasteiger partial charge in [0.05, 0.1) is 25.9 Å². The highest BCUT2D eigenvalue weighted by Gasteiger charge is 2.19. The highest BCUT2D eigenvalue weighted by Crippen LogP contribution is 2.24. The third-order valence-corrected chi connectivity index (χ3v) is 6.12. The van der Waals surface area contributed by atoms with Crippen LogP contribution in [-0.4, -0.2) is 67.8 Å². The molecule has 2 amide bonds. The number of benzene rings is 2. The van der Waals surface area contributed by atoms with E-state index in [1.54, 1.807) is 30.3 Å². The Morgan fingerprint density at radius 2 is 1.83 bits per heavy atom. The standard InChI is InChI=1S/C27H32N4O4/c1-3-31-19-20(21-8-4-6-10-24(21)31)18-23(27(33)28-12-13-30-14-16-35-17-15-30)29-26(32)22-9-5-7-11-25(22)34-2/h4-11,18-19H,3,12-17H2,1-2H3,(H,28,33)(H,29,32)/b23-18-. The highest BCUT2D eigenvalue weighted by molar-refractivity contribution is 6.07. The number of morpholine rings is 1. The smallest absolute Gasteiger partial charge is 0.267 e. The van der Waals surface area contributed by atoms with Gasteiger partial charge in [-0.15, -0.1) is 0 Å². The zero-order valence-corrected chi connectivity index (χ0v) is 20.3. The van der Waals surface area contributed by atoms with Gasteiger partial charge in [0.25, 0.3) is 11.8 Å². The van der Waals surface area contributed by atoms with Crippen LogP contribution in [0.1, 0.15) is 22.8 Å². The van der Waals surface area contributed by atoms with E-state index < -0.39 is 5.91 Å². The van der Waals surface area contributed by atoms with Gasteiger partial charge in [-0.3, -0.25) is 14.5 Å². The molecule has 0 saturated carbocycles. The molecule has 184 valence electrons. The van der Waals surface area contributed by atoms with Gasteiger partial charge in [-0.2, -0.15) is 0 Å². The molecule has 4 rings (SSSR count). The summed E-state index contributed by atoms with van der Waals surface area (Å²) in [6.07, 6.45) is 3.74. The van der Waals surface area contributed by atoms with Gasteiger partial charge in [-0.25, -0.2) is 0 Å². The largest absolute Gasteiger partial charge is 0.496 e. The van der Waals surface area contributed by atoms with Crippen LogP contribution in [0.25, 0.3) is 17.0 Å². The number of rotatable bonds is 9. The van der Waals surface area contributed by atoms with E-state index in [1.807, 2.05) is 30.5 Å². The second-order valence-corrected chi connectivity index (χ2v) is 8.31. The Labute approximate surface area is 205 Å². The second-order valence-electron chi connectivity index (χ2n) is 8.31. The molecular weight excluding hydrogens is 444 g/mol. The number of hydrogen-bond donors (Lipinski definition) is 2. The minimum absolute atomic E-state index is 0.182. The van der Waals surface area contributed by atoms with Crippen LogP contribution in [0.3, 0.4) is 0 Å². The van der Waals surface area contributed by atoms with Crippen LogP contribution in [0.4, 0.5) is 0 Å². The van der Waals surface area contributed by atoms with E-state index in [0.29, 0.717) is 31.1 Å². The van der Waals surface area contributed by atoms with Crippen LogP contribution in [0.2, 0.25) is 0 Å². The first-order valence-corrected chi connectivity index (χ1v) is 11.9. The Morgan fingerprint density at radius 3 is 2.60 bits per heavy atom. The zero-order valence-electron chi connectivity index (χ0n) is 20.3. The Bertz CT molecular complexity index is 1210. The average Bonchev–Trinajstić information content (AvgIpc) is 3.26. The summed E-state index contributed by atoms with van der Waals surface area (Å²) in [7, 11) is 1.51. The van der Waals surface area contributed by atoms with Crippen LogP contribution in [0, 0.1) is 0 Å². The van der Waals surface area contributed by atoms with Gasteiger partial charge in [0.15, 0.2) is 0 Å². The molecule has 35 heavy (non-hydrogen) atoms. The van der Waals surface area contributed by atoms with E-state index in [9.17, 15) is 9.59 Å². The Balaban J connectivity index is 1.60. The number of methoxy groups -OCH3 is 1. The van der Waals surface area contributed by atoms with Crippen molar-refractivity contribution in [3.63, 3.8) is 0 Å². The number of carbonyl (C=O) groups excluding carboxylic acids is 2. The SMILES string of the molecule is CCn1cc(/C=C(\NC(=O)c2ccccc2OC)C(=O)NCCN2CCOCC2)c2ccccc21. The molecule has 1 saturated heterocycles. The number of nitrogens with one attached hydrogen (secondary N) is 2. The number of fused-ring (bicyclic) bond motifs is 1. The molecule has 0 bridgehead atoms. The fourth-order valence-corrected chi connectivity index (χ4v) is 4.24. The third-order valence-electron chi connectivity index (χ3n) is 6.12. The highest BCUT2D eigenvalue weighted by atomic mass is 16.5. The number of aryl methyl sites for hydroxylation is 1. The summed E-state index contributed by atoms with van der Waals surface area (Å²) < 4.78 is 12.8. The first-order chi connectivity index (χ1) is 17.1. The predicted molar refractivity (Wildman–Crippen MR) is 136 cm³/mol. The quantitative estimate of drug-likeness (QED) is 0.464. The van der Waals surface area contributed by atoms with Gasteiger partial charge in [-0.1, -0.05) is 30.3 Å². The monoisotopic (exact) mass is 476 g/mol. The van der Waals surface area contributed by atoms with Crippen LogP contribution in [-0.2, 0) is 16.1 Å². The van der Waals surface area contributed by atoms with Crippen molar-refractivity contribution in [3.05, 3.63) is 71.6 Å². The maximum Gasteiger partial charge on any atom is 0.267 e. The number of ether oxygens (including phenoxy) is 2. The summed E-state index contributed by atoms with van der Waals surface area (Å²) >= 11 is 0. The van der Waals surface area contributed by atoms with Crippen molar-refractivity contribution in [2.45, 2.75) is 13.5 Å². The fourth-order valence-electron chi connectivity index (χ4n) is 4.24. The van der Waals surface area contributed by atoms with Gasteiger partial charge < -0.3 is 24.7 Å². The molecule has 0 unspecified atom stereocenters. The number of para-hydroxylation sites is 2. The van der Waals surface area contributed by atoms with E-state index in [1.165, 1.54) is 7.11 Å². The number of nitrogens with zero attached hydrogens (tertiary/aromatic N) is 2. The fraction of sp³-hybridized carbons (Fsp3) is 0.333. The number of aromatic nitrogens is 1. The summed E-state index contributed by atoms with van der Waals surface area (Å²) in [5.41, 5.74) is 2.48. The van der Waals surface area contributed by atoms with Crippen LogP contribution < -0.4 is 15.4 Å². The molecule has 1 aliphatic heterocycles. The van der Waals surface area contributed by atoms with Gasteiger partial charge in [-0.05, 0) is 31.2 Å². The molecule has 0 atom stereocenters. The Kier molecular flexibility index (Phi) is 8.18. The van der Waals surface area contributed by atoms with Crippen molar-refractivity contribution < 1.29 is 19.1 Å². The lowest BCUT2D eigenvalue weighted by atomic mass is 10.1. The first-order valence-electron chi connectivity index (χ1n) is 11.9. The first kappa shape index (κ1) is 24.5. The topological polar surface area (TPSA) is 84.8 Å². The van der Waals surface area contributed by atoms with Gasteiger partial charge in [0.1, 0.15) is 11.4 Å². The second kappa shape index (κ2) is 11.7. The molecule has 0 spiro atoms. The van der Waals surface area contributed by atoms with Gasteiger partial charge in [0.2, 0.25) is 0 Å². The number of hydrogen-bond acceptors (Lipinski definition) is 5. The van der Waals surface area contributed by atoms with Crippen LogP contribution in [0.15, 0.2) is 60.4 Å². The van der Waals surface area contributed by atoms with E-state index in [-0.39, 0.29) is 11.6 Å². The molecule has 8 heteroatoms.